The zero-order valence-electron chi connectivity index (χ0n) is 10.7. The summed E-state index contributed by atoms with van der Waals surface area (Å²) in [5.74, 6) is -0.132. The fourth-order valence-corrected chi connectivity index (χ4v) is 2.23. The Hall–Kier alpha value is -2.27. The highest BCUT2D eigenvalue weighted by atomic mass is 35.5. The van der Waals surface area contributed by atoms with Crippen molar-refractivity contribution in [3.63, 3.8) is 0 Å². The molecule has 0 aliphatic carbocycles. The van der Waals surface area contributed by atoms with Gasteiger partial charge in [-0.15, -0.1) is 5.10 Å². The van der Waals surface area contributed by atoms with Gasteiger partial charge in [0, 0.05) is 5.39 Å². The van der Waals surface area contributed by atoms with Gasteiger partial charge in [-0.25, -0.2) is 0 Å². The van der Waals surface area contributed by atoms with Crippen molar-refractivity contribution in [2.45, 2.75) is 12.8 Å². The summed E-state index contributed by atoms with van der Waals surface area (Å²) >= 11 is 5.55. The van der Waals surface area contributed by atoms with Crippen molar-refractivity contribution >= 4 is 27.6 Å². The summed E-state index contributed by atoms with van der Waals surface area (Å²) in [4.78, 5) is 11.3. The van der Waals surface area contributed by atoms with Crippen LogP contribution in [0.2, 0.25) is 0 Å². The van der Waals surface area contributed by atoms with E-state index in [-0.39, 0.29) is 0 Å². The van der Waals surface area contributed by atoms with Crippen LogP contribution in [0.4, 0.5) is 0 Å². The topological polar surface area (TPSA) is 60.7 Å². The molecule has 2 aromatic carbocycles. The molecule has 6 heteroatoms. The van der Waals surface area contributed by atoms with Crippen molar-refractivity contribution in [1.29, 1.82) is 0 Å². The zero-order chi connectivity index (χ0) is 14.1. The van der Waals surface area contributed by atoms with Gasteiger partial charge in [-0.05, 0) is 40.4 Å². The highest BCUT2D eigenvalue weighted by Crippen LogP contribution is 2.24. The van der Waals surface area contributed by atoms with Crippen molar-refractivity contribution < 1.29 is 4.79 Å². The maximum Gasteiger partial charge on any atom is 0.232 e. The SMILES string of the molecule is CC(C(=O)Cl)c1nnnn1-c1cccc2ccccc12. The van der Waals surface area contributed by atoms with E-state index in [2.05, 4.69) is 15.5 Å². The lowest BCUT2D eigenvalue weighted by atomic mass is 10.1. The van der Waals surface area contributed by atoms with E-state index < -0.39 is 11.2 Å². The van der Waals surface area contributed by atoms with Crippen LogP contribution < -0.4 is 0 Å². The van der Waals surface area contributed by atoms with Gasteiger partial charge in [0.25, 0.3) is 0 Å². The van der Waals surface area contributed by atoms with E-state index >= 15 is 0 Å². The summed E-state index contributed by atoms with van der Waals surface area (Å²) in [7, 11) is 0. The predicted molar refractivity (Wildman–Crippen MR) is 75.9 cm³/mol. The molecule has 0 bridgehead atoms. The van der Waals surface area contributed by atoms with Crippen molar-refractivity contribution in [3.05, 3.63) is 48.3 Å². The number of tetrazole rings is 1. The quantitative estimate of drug-likeness (QED) is 0.695. The minimum Gasteiger partial charge on any atom is -0.281 e. The minimum atomic E-state index is -0.564. The van der Waals surface area contributed by atoms with E-state index in [1.165, 1.54) is 0 Å². The average molecular weight is 287 g/mol. The number of rotatable bonds is 3. The molecular weight excluding hydrogens is 276 g/mol. The summed E-state index contributed by atoms with van der Waals surface area (Å²) < 4.78 is 1.56. The van der Waals surface area contributed by atoms with Crippen LogP contribution in [0.1, 0.15) is 18.7 Å². The third-order valence-electron chi connectivity index (χ3n) is 3.22. The van der Waals surface area contributed by atoms with Crippen molar-refractivity contribution in [2.24, 2.45) is 0 Å². The number of nitrogens with zero attached hydrogens (tertiary/aromatic N) is 4. The molecule has 0 N–H and O–H groups in total. The molecule has 0 fully saturated rings. The van der Waals surface area contributed by atoms with Crippen LogP contribution in [0.25, 0.3) is 16.5 Å². The summed E-state index contributed by atoms with van der Waals surface area (Å²) in [6, 6.07) is 13.8. The number of fused-ring (bicyclic) bond motifs is 1. The van der Waals surface area contributed by atoms with Gasteiger partial charge in [0.15, 0.2) is 5.82 Å². The second kappa shape index (κ2) is 5.02. The number of hydrogen-bond acceptors (Lipinski definition) is 4. The largest absolute Gasteiger partial charge is 0.281 e. The van der Waals surface area contributed by atoms with Gasteiger partial charge in [-0.2, -0.15) is 4.68 Å². The van der Waals surface area contributed by atoms with Gasteiger partial charge in [0.1, 0.15) is 0 Å². The van der Waals surface area contributed by atoms with Crippen LogP contribution in [0.5, 0.6) is 0 Å². The summed E-state index contributed by atoms with van der Waals surface area (Å²) in [6.07, 6.45) is 0. The van der Waals surface area contributed by atoms with Crippen LogP contribution >= 0.6 is 11.6 Å². The molecule has 100 valence electrons. The third kappa shape index (κ3) is 2.06. The van der Waals surface area contributed by atoms with Gasteiger partial charge in [0.05, 0.1) is 11.6 Å². The molecule has 3 rings (SSSR count). The Morgan fingerprint density at radius 3 is 2.75 bits per heavy atom. The van der Waals surface area contributed by atoms with Crippen molar-refractivity contribution in [2.75, 3.05) is 0 Å². The maximum absolute atomic E-state index is 11.3. The first-order chi connectivity index (χ1) is 9.68. The molecule has 0 amide bonds. The highest BCUT2D eigenvalue weighted by Gasteiger charge is 2.21. The lowest BCUT2D eigenvalue weighted by molar-refractivity contribution is -0.112. The molecule has 0 radical (unpaired) electrons. The lowest BCUT2D eigenvalue weighted by Gasteiger charge is -2.10. The molecule has 1 unspecified atom stereocenters. The standard InChI is InChI=1S/C14H11ClN4O/c1-9(13(15)20)14-16-17-18-19(14)12-8-4-6-10-5-2-3-7-11(10)12/h2-9H,1H3. The Kier molecular flexibility index (Phi) is 3.20. The predicted octanol–water partition coefficient (Wildman–Crippen LogP) is 2.68. The Morgan fingerprint density at radius 1 is 1.20 bits per heavy atom. The van der Waals surface area contributed by atoms with Gasteiger partial charge >= 0.3 is 0 Å². The Balaban J connectivity index is 2.22. The Bertz CT molecular complexity index is 778. The first-order valence-corrected chi connectivity index (χ1v) is 6.52. The van der Waals surface area contributed by atoms with E-state index in [9.17, 15) is 4.79 Å². The fraction of sp³-hybridized carbons (Fsp3) is 0.143. The number of benzene rings is 2. The first-order valence-electron chi connectivity index (χ1n) is 6.14. The van der Waals surface area contributed by atoms with Crippen LogP contribution in [0, 0.1) is 0 Å². The molecule has 0 aliphatic rings. The maximum atomic E-state index is 11.3. The van der Waals surface area contributed by atoms with Crippen LogP contribution in [-0.2, 0) is 4.79 Å². The normalized spacial score (nSPS) is 12.5. The average Bonchev–Trinajstić information content (AvgIpc) is 2.94. The molecule has 1 aromatic heterocycles. The lowest BCUT2D eigenvalue weighted by Crippen LogP contribution is -2.11. The molecular formula is C14H11ClN4O. The van der Waals surface area contributed by atoms with E-state index in [0.29, 0.717) is 5.82 Å². The van der Waals surface area contributed by atoms with Crippen LogP contribution in [0.15, 0.2) is 42.5 Å². The third-order valence-corrected chi connectivity index (χ3v) is 3.54. The Labute approximate surface area is 120 Å². The molecule has 1 heterocycles. The van der Waals surface area contributed by atoms with Crippen molar-refractivity contribution in [3.8, 4) is 5.69 Å². The number of aromatic nitrogens is 4. The molecule has 0 aliphatic heterocycles. The molecule has 5 nitrogen and oxygen atoms in total. The van der Waals surface area contributed by atoms with Crippen molar-refractivity contribution in [1.82, 2.24) is 20.2 Å². The second-order valence-electron chi connectivity index (χ2n) is 4.47. The number of carbonyl (C=O) groups is 1. The monoisotopic (exact) mass is 286 g/mol. The van der Waals surface area contributed by atoms with E-state index in [1.54, 1.807) is 11.6 Å². The second-order valence-corrected chi connectivity index (χ2v) is 4.85. The molecule has 1 atom stereocenters. The number of halogens is 1. The fourth-order valence-electron chi connectivity index (χ4n) is 2.13. The summed E-state index contributed by atoms with van der Waals surface area (Å²) in [5, 5.41) is 13.2. The van der Waals surface area contributed by atoms with E-state index in [0.717, 1.165) is 16.5 Å². The minimum absolute atomic E-state index is 0.432. The Morgan fingerprint density at radius 2 is 1.95 bits per heavy atom. The van der Waals surface area contributed by atoms with Crippen LogP contribution in [-0.4, -0.2) is 25.4 Å². The summed E-state index contributed by atoms with van der Waals surface area (Å²) in [6.45, 7) is 1.68. The molecule has 0 saturated carbocycles. The van der Waals surface area contributed by atoms with E-state index in [1.807, 2.05) is 42.5 Å². The molecule has 0 spiro atoms. The smallest absolute Gasteiger partial charge is 0.232 e. The van der Waals surface area contributed by atoms with E-state index in [4.69, 9.17) is 11.6 Å². The van der Waals surface area contributed by atoms with Gasteiger partial charge in [0.2, 0.25) is 5.24 Å². The molecule has 0 saturated heterocycles. The summed E-state index contributed by atoms with van der Waals surface area (Å²) in [5.41, 5.74) is 0.827. The zero-order valence-corrected chi connectivity index (χ0v) is 11.4. The van der Waals surface area contributed by atoms with Crippen LogP contribution in [0.3, 0.4) is 0 Å². The molecule has 3 aromatic rings. The molecule has 20 heavy (non-hydrogen) atoms. The first kappa shape index (κ1) is 12.7. The number of hydrogen-bond donors (Lipinski definition) is 0. The van der Waals surface area contributed by atoms with Gasteiger partial charge in [-0.1, -0.05) is 36.4 Å². The van der Waals surface area contributed by atoms with Gasteiger partial charge < -0.3 is 0 Å². The number of carbonyl (C=O) groups excluding carboxylic acids is 1. The highest BCUT2D eigenvalue weighted by molar-refractivity contribution is 6.64. The van der Waals surface area contributed by atoms with Gasteiger partial charge in [-0.3, -0.25) is 4.79 Å².